The Morgan fingerprint density at radius 1 is 0.909 bits per heavy atom. The van der Waals surface area contributed by atoms with Crippen molar-refractivity contribution in [3.05, 3.63) is 74.9 Å². The van der Waals surface area contributed by atoms with Crippen molar-refractivity contribution in [1.29, 1.82) is 0 Å². The van der Waals surface area contributed by atoms with Crippen molar-refractivity contribution in [2.75, 3.05) is 5.32 Å². The highest BCUT2D eigenvalue weighted by Gasteiger charge is 2.31. The largest absolute Gasteiger partial charge is 0.351 e. The fraction of sp³-hybridized carbons (Fsp3) is 0.111. The summed E-state index contributed by atoms with van der Waals surface area (Å²) in [5, 5.41) is 3.11. The Morgan fingerprint density at radius 3 is 2.18 bits per heavy atom. The molecule has 1 aliphatic carbocycles. The molecule has 0 saturated carbocycles. The predicted molar refractivity (Wildman–Crippen MR) is 90.6 cm³/mol. The predicted octanol–water partition coefficient (Wildman–Crippen LogP) is 4.40. The number of hydrogen-bond donors (Lipinski definition) is 1. The molecular weight excluding hydrogens is 342 g/mol. The van der Waals surface area contributed by atoms with Gasteiger partial charge in [-0.15, -0.1) is 0 Å². The third-order valence-electron chi connectivity index (χ3n) is 3.70. The second-order valence-electron chi connectivity index (χ2n) is 5.34. The van der Waals surface area contributed by atoms with Crippen LogP contribution in [0.3, 0.4) is 0 Å². The summed E-state index contributed by atoms with van der Waals surface area (Å²) in [6.45, 7) is 3.98. The van der Waals surface area contributed by atoms with Crippen LogP contribution >= 0.6 is 15.9 Å². The average molecular weight is 356 g/mol. The van der Waals surface area contributed by atoms with E-state index < -0.39 is 0 Å². The number of nitrogens with one attached hydrogen (secondary N) is 1. The number of carbonyl (C=O) groups excluding carboxylic acids is 2. The lowest BCUT2D eigenvalue weighted by molar-refractivity contribution is 0.0983. The van der Waals surface area contributed by atoms with Gasteiger partial charge < -0.3 is 5.32 Å². The normalized spacial score (nSPS) is 14.1. The number of Topliss-reactive ketones (excluding diaryl/α,β-unsaturated/α-hetero) is 2. The van der Waals surface area contributed by atoms with Gasteiger partial charge in [0.2, 0.25) is 11.6 Å². The second kappa shape index (κ2) is 5.54. The van der Waals surface area contributed by atoms with Gasteiger partial charge in [-0.05, 0) is 41.4 Å². The highest BCUT2D eigenvalue weighted by Crippen LogP contribution is 2.31. The number of hydrogen-bond acceptors (Lipinski definition) is 3. The summed E-state index contributed by atoms with van der Waals surface area (Å²) < 4.78 is 0.274. The maximum Gasteiger partial charge on any atom is 0.211 e. The Kier molecular flexibility index (Phi) is 3.71. The van der Waals surface area contributed by atoms with E-state index in [1.54, 1.807) is 24.3 Å². The van der Waals surface area contributed by atoms with Crippen LogP contribution in [0.5, 0.6) is 0 Å². The van der Waals surface area contributed by atoms with Crippen LogP contribution in [-0.2, 0) is 0 Å². The zero-order chi connectivity index (χ0) is 15.9. The third-order valence-corrected chi connectivity index (χ3v) is 4.46. The lowest BCUT2D eigenvalue weighted by Gasteiger charge is -2.20. The SMILES string of the molecule is Cc1ccc(NC2=C(Br)C(=O)c3ccccc3C2=O)c(C)c1. The van der Waals surface area contributed by atoms with E-state index in [-0.39, 0.29) is 21.7 Å². The molecule has 110 valence electrons. The van der Waals surface area contributed by atoms with Crippen molar-refractivity contribution in [3.8, 4) is 0 Å². The highest BCUT2D eigenvalue weighted by atomic mass is 79.9. The third kappa shape index (κ3) is 2.40. The van der Waals surface area contributed by atoms with Gasteiger partial charge in [-0.3, -0.25) is 9.59 Å². The summed E-state index contributed by atoms with van der Waals surface area (Å²) in [6, 6.07) is 12.8. The number of aryl methyl sites for hydroxylation is 2. The van der Waals surface area contributed by atoms with Gasteiger partial charge in [-0.2, -0.15) is 0 Å². The minimum atomic E-state index is -0.179. The number of allylic oxidation sites excluding steroid dienone is 2. The van der Waals surface area contributed by atoms with Crippen molar-refractivity contribution in [2.24, 2.45) is 0 Å². The summed E-state index contributed by atoms with van der Waals surface area (Å²) >= 11 is 3.27. The Bertz CT molecular complexity index is 837. The minimum Gasteiger partial charge on any atom is -0.351 e. The van der Waals surface area contributed by atoms with Crippen LogP contribution in [0.2, 0.25) is 0 Å². The van der Waals surface area contributed by atoms with E-state index in [1.165, 1.54) is 0 Å². The van der Waals surface area contributed by atoms with E-state index >= 15 is 0 Å². The van der Waals surface area contributed by atoms with Crippen LogP contribution in [-0.4, -0.2) is 11.6 Å². The zero-order valence-electron chi connectivity index (χ0n) is 12.2. The molecule has 0 aliphatic heterocycles. The topological polar surface area (TPSA) is 46.2 Å². The molecule has 0 unspecified atom stereocenters. The summed E-state index contributed by atoms with van der Waals surface area (Å²) in [5.74, 6) is -0.357. The van der Waals surface area contributed by atoms with Crippen LogP contribution in [0.1, 0.15) is 31.8 Å². The molecule has 0 atom stereocenters. The quantitative estimate of drug-likeness (QED) is 0.868. The first-order valence-electron chi connectivity index (χ1n) is 6.91. The molecule has 3 rings (SSSR count). The molecule has 1 aliphatic rings. The first-order valence-corrected chi connectivity index (χ1v) is 7.71. The molecule has 0 bridgehead atoms. The molecular formula is C18H14BrNO2. The Balaban J connectivity index is 2.05. The molecule has 0 spiro atoms. The first-order chi connectivity index (χ1) is 10.5. The fourth-order valence-corrected chi connectivity index (χ4v) is 3.04. The van der Waals surface area contributed by atoms with Crippen LogP contribution < -0.4 is 5.32 Å². The van der Waals surface area contributed by atoms with E-state index in [0.717, 1.165) is 16.8 Å². The summed E-state index contributed by atoms with van der Waals surface area (Å²) in [7, 11) is 0. The van der Waals surface area contributed by atoms with Gasteiger partial charge in [0.1, 0.15) is 5.70 Å². The lowest BCUT2D eigenvalue weighted by Crippen LogP contribution is -2.24. The summed E-state index contributed by atoms with van der Waals surface area (Å²) in [6.07, 6.45) is 0. The maximum absolute atomic E-state index is 12.7. The number of halogens is 1. The van der Waals surface area contributed by atoms with Gasteiger partial charge in [0, 0.05) is 16.8 Å². The molecule has 1 N–H and O–H groups in total. The molecule has 0 aromatic heterocycles. The van der Waals surface area contributed by atoms with Crippen molar-refractivity contribution in [2.45, 2.75) is 13.8 Å². The average Bonchev–Trinajstić information content (AvgIpc) is 2.51. The number of carbonyl (C=O) groups is 2. The molecule has 2 aromatic rings. The van der Waals surface area contributed by atoms with Gasteiger partial charge in [-0.25, -0.2) is 0 Å². The number of ketones is 2. The monoisotopic (exact) mass is 355 g/mol. The van der Waals surface area contributed by atoms with E-state index in [2.05, 4.69) is 21.2 Å². The maximum atomic E-state index is 12.7. The molecule has 0 saturated heterocycles. The van der Waals surface area contributed by atoms with Crippen molar-refractivity contribution < 1.29 is 9.59 Å². The zero-order valence-corrected chi connectivity index (χ0v) is 13.8. The highest BCUT2D eigenvalue weighted by molar-refractivity contribution is 9.12. The second-order valence-corrected chi connectivity index (χ2v) is 6.13. The molecule has 0 heterocycles. The Labute approximate surface area is 137 Å². The number of fused-ring (bicyclic) bond motifs is 1. The van der Waals surface area contributed by atoms with Crippen LogP contribution in [0.25, 0.3) is 0 Å². The Morgan fingerprint density at radius 2 is 1.55 bits per heavy atom. The number of benzene rings is 2. The molecule has 3 nitrogen and oxygen atoms in total. The van der Waals surface area contributed by atoms with E-state index in [0.29, 0.717) is 11.1 Å². The minimum absolute atomic E-state index is 0.178. The van der Waals surface area contributed by atoms with Gasteiger partial charge in [-0.1, -0.05) is 42.0 Å². The van der Waals surface area contributed by atoms with Crippen LogP contribution in [0.4, 0.5) is 5.69 Å². The Hall–Kier alpha value is -2.20. The van der Waals surface area contributed by atoms with Gasteiger partial charge in [0.25, 0.3) is 0 Å². The van der Waals surface area contributed by atoms with E-state index in [9.17, 15) is 9.59 Å². The van der Waals surface area contributed by atoms with Gasteiger partial charge in [0.05, 0.1) is 4.48 Å². The van der Waals surface area contributed by atoms with Crippen LogP contribution in [0.15, 0.2) is 52.6 Å². The van der Waals surface area contributed by atoms with Gasteiger partial charge in [0.15, 0.2) is 0 Å². The lowest BCUT2D eigenvalue weighted by atomic mass is 9.92. The molecule has 22 heavy (non-hydrogen) atoms. The van der Waals surface area contributed by atoms with Gasteiger partial charge >= 0.3 is 0 Å². The van der Waals surface area contributed by atoms with Crippen molar-refractivity contribution >= 4 is 33.2 Å². The van der Waals surface area contributed by atoms with Crippen molar-refractivity contribution in [3.63, 3.8) is 0 Å². The van der Waals surface area contributed by atoms with Crippen molar-refractivity contribution in [1.82, 2.24) is 0 Å². The number of rotatable bonds is 2. The van der Waals surface area contributed by atoms with E-state index in [1.807, 2.05) is 32.0 Å². The van der Waals surface area contributed by atoms with E-state index in [4.69, 9.17) is 0 Å². The molecule has 2 aromatic carbocycles. The smallest absolute Gasteiger partial charge is 0.211 e. The fourth-order valence-electron chi connectivity index (χ4n) is 2.55. The molecule has 0 amide bonds. The summed E-state index contributed by atoms with van der Waals surface area (Å²) in [5.41, 5.74) is 4.14. The molecule has 0 radical (unpaired) electrons. The number of anilines is 1. The standard InChI is InChI=1S/C18H14BrNO2/c1-10-7-8-14(11(2)9-10)20-16-15(19)17(21)12-5-3-4-6-13(12)18(16)22/h3-9,20H,1-2H3. The molecule has 4 heteroatoms. The first kappa shape index (κ1) is 14.7. The summed E-state index contributed by atoms with van der Waals surface area (Å²) in [4.78, 5) is 25.1. The molecule has 0 fully saturated rings. The van der Waals surface area contributed by atoms with Crippen LogP contribution in [0, 0.1) is 13.8 Å².